The molecule has 0 unspecified atom stereocenters. The van der Waals surface area contributed by atoms with Crippen LogP contribution in [-0.4, -0.2) is 42.2 Å². The zero-order valence-corrected chi connectivity index (χ0v) is 9.76. The second-order valence-electron chi connectivity index (χ2n) is 3.99. The van der Waals surface area contributed by atoms with Gasteiger partial charge in [0.25, 0.3) is 0 Å². The number of hydrogen-bond acceptors (Lipinski definition) is 4. The Morgan fingerprint density at radius 3 is 3.18 bits per heavy atom. The summed E-state index contributed by atoms with van der Waals surface area (Å²) in [6, 6.07) is 3.97. The van der Waals surface area contributed by atoms with Gasteiger partial charge < -0.3 is 15.0 Å². The van der Waals surface area contributed by atoms with Gasteiger partial charge in [0, 0.05) is 25.5 Å². The van der Waals surface area contributed by atoms with Gasteiger partial charge in [0.15, 0.2) is 0 Å². The van der Waals surface area contributed by atoms with E-state index in [9.17, 15) is 4.79 Å². The van der Waals surface area contributed by atoms with E-state index in [0.717, 1.165) is 32.6 Å². The summed E-state index contributed by atoms with van der Waals surface area (Å²) >= 11 is 0. The first kappa shape index (κ1) is 11.9. The number of rotatable bonds is 6. The topological polar surface area (TPSA) is 54.5 Å². The first-order valence-electron chi connectivity index (χ1n) is 5.87. The van der Waals surface area contributed by atoms with Crippen LogP contribution in [0.25, 0.3) is 0 Å². The number of ether oxygens (including phenoxy) is 1. The fourth-order valence-electron chi connectivity index (χ4n) is 1.76. The Bertz CT molecular complexity index is 356. The second kappa shape index (κ2) is 6.20. The summed E-state index contributed by atoms with van der Waals surface area (Å²) in [5.41, 5.74) is 1.17. The fourth-order valence-corrected chi connectivity index (χ4v) is 1.76. The quantitative estimate of drug-likeness (QED) is 0.748. The van der Waals surface area contributed by atoms with Gasteiger partial charge in [-0.3, -0.25) is 4.98 Å². The number of nitrogens with one attached hydrogen (secondary N) is 1. The molecule has 0 aromatic carbocycles. The van der Waals surface area contributed by atoms with Crippen molar-refractivity contribution in [3.8, 4) is 0 Å². The average molecular weight is 235 g/mol. The molecule has 0 spiro atoms. The molecule has 1 saturated heterocycles. The fraction of sp³-hybridized carbons (Fsp3) is 0.500. The summed E-state index contributed by atoms with van der Waals surface area (Å²) in [4.78, 5) is 16.9. The third-order valence-electron chi connectivity index (χ3n) is 2.68. The molecule has 5 heteroatoms. The molecule has 17 heavy (non-hydrogen) atoms. The van der Waals surface area contributed by atoms with E-state index in [0.29, 0.717) is 6.61 Å². The Balaban J connectivity index is 1.56. The lowest BCUT2D eigenvalue weighted by atomic mass is 10.3. The van der Waals surface area contributed by atoms with E-state index in [1.54, 1.807) is 11.1 Å². The highest BCUT2D eigenvalue weighted by Gasteiger charge is 2.20. The maximum absolute atomic E-state index is 11.1. The molecule has 0 saturated carbocycles. The van der Waals surface area contributed by atoms with E-state index in [1.807, 2.05) is 18.3 Å². The standard InChI is InChI=1S/C12H17N3O2/c16-12-15(7-8-17-12)6-2-5-14-10-11-3-1-4-13-9-11/h1,3-4,9,14H,2,5-8,10H2. The van der Waals surface area contributed by atoms with Gasteiger partial charge in [-0.05, 0) is 24.6 Å². The third kappa shape index (κ3) is 3.71. The van der Waals surface area contributed by atoms with Crippen LogP contribution in [0.4, 0.5) is 4.79 Å². The monoisotopic (exact) mass is 235 g/mol. The van der Waals surface area contributed by atoms with Crippen LogP contribution >= 0.6 is 0 Å². The number of pyridine rings is 1. The summed E-state index contributed by atoms with van der Waals surface area (Å²) in [6.07, 6.45) is 4.38. The van der Waals surface area contributed by atoms with Gasteiger partial charge in [0.05, 0.1) is 6.54 Å². The highest BCUT2D eigenvalue weighted by molar-refractivity contribution is 5.69. The summed E-state index contributed by atoms with van der Waals surface area (Å²) in [6.45, 7) is 3.72. The Labute approximate surface area is 101 Å². The van der Waals surface area contributed by atoms with Gasteiger partial charge in [-0.2, -0.15) is 0 Å². The molecule has 92 valence electrons. The minimum Gasteiger partial charge on any atom is -0.448 e. The molecule has 1 N–H and O–H groups in total. The number of carbonyl (C=O) groups excluding carboxylic acids is 1. The van der Waals surface area contributed by atoms with Gasteiger partial charge in [0.2, 0.25) is 0 Å². The van der Waals surface area contributed by atoms with E-state index in [2.05, 4.69) is 10.3 Å². The van der Waals surface area contributed by atoms with Crippen LogP contribution in [0.3, 0.4) is 0 Å². The van der Waals surface area contributed by atoms with Crippen molar-refractivity contribution >= 4 is 6.09 Å². The van der Waals surface area contributed by atoms with Crippen LogP contribution in [0, 0.1) is 0 Å². The summed E-state index contributed by atoms with van der Waals surface area (Å²) in [5.74, 6) is 0. The van der Waals surface area contributed by atoms with Gasteiger partial charge in [0.1, 0.15) is 6.61 Å². The first-order valence-corrected chi connectivity index (χ1v) is 5.87. The normalized spacial score (nSPS) is 15.1. The smallest absolute Gasteiger partial charge is 0.409 e. The van der Waals surface area contributed by atoms with Crippen LogP contribution < -0.4 is 5.32 Å². The Morgan fingerprint density at radius 1 is 1.53 bits per heavy atom. The summed E-state index contributed by atoms with van der Waals surface area (Å²) in [5, 5.41) is 3.32. The maximum Gasteiger partial charge on any atom is 0.409 e. The number of carbonyl (C=O) groups is 1. The van der Waals surface area contributed by atoms with Crippen molar-refractivity contribution in [2.45, 2.75) is 13.0 Å². The third-order valence-corrected chi connectivity index (χ3v) is 2.68. The summed E-state index contributed by atoms with van der Waals surface area (Å²) in [7, 11) is 0. The molecule has 1 amide bonds. The van der Waals surface area contributed by atoms with Crippen molar-refractivity contribution in [1.82, 2.24) is 15.2 Å². The van der Waals surface area contributed by atoms with E-state index in [1.165, 1.54) is 5.56 Å². The highest BCUT2D eigenvalue weighted by atomic mass is 16.6. The van der Waals surface area contributed by atoms with Gasteiger partial charge in [-0.15, -0.1) is 0 Å². The van der Waals surface area contributed by atoms with Crippen molar-refractivity contribution < 1.29 is 9.53 Å². The van der Waals surface area contributed by atoms with E-state index in [4.69, 9.17) is 4.74 Å². The first-order chi connectivity index (χ1) is 8.36. The van der Waals surface area contributed by atoms with E-state index < -0.39 is 0 Å². The predicted octanol–water partition coefficient (Wildman–Crippen LogP) is 1.01. The number of cyclic esters (lactones) is 1. The van der Waals surface area contributed by atoms with Crippen LogP contribution in [-0.2, 0) is 11.3 Å². The largest absolute Gasteiger partial charge is 0.448 e. The zero-order chi connectivity index (χ0) is 11.9. The van der Waals surface area contributed by atoms with Gasteiger partial charge in [-0.25, -0.2) is 4.79 Å². The maximum atomic E-state index is 11.1. The van der Waals surface area contributed by atoms with E-state index >= 15 is 0 Å². The van der Waals surface area contributed by atoms with Crippen LogP contribution in [0.1, 0.15) is 12.0 Å². The number of hydrogen-bond donors (Lipinski definition) is 1. The molecule has 0 bridgehead atoms. The minimum absolute atomic E-state index is 0.183. The highest BCUT2D eigenvalue weighted by Crippen LogP contribution is 2.03. The van der Waals surface area contributed by atoms with Crippen molar-refractivity contribution in [3.63, 3.8) is 0 Å². The molecule has 1 aliphatic rings. The van der Waals surface area contributed by atoms with Crippen molar-refractivity contribution in [1.29, 1.82) is 0 Å². The molecular formula is C12H17N3O2. The molecule has 0 atom stereocenters. The number of aromatic nitrogens is 1. The lowest BCUT2D eigenvalue weighted by Crippen LogP contribution is -2.28. The minimum atomic E-state index is -0.183. The van der Waals surface area contributed by atoms with Gasteiger partial charge >= 0.3 is 6.09 Å². The number of nitrogens with zero attached hydrogens (tertiary/aromatic N) is 2. The van der Waals surface area contributed by atoms with Crippen LogP contribution in [0.5, 0.6) is 0 Å². The SMILES string of the molecule is O=C1OCCN1CCCNCc1cccnc1. The average Bonchev–Trinajstić information content (AvgIpc) is 2.76. The van der Waals surface area contributed by atoms with Crippen LogP contribution in [0.15, 0.2) is 24.5 Å². The summed E-state index contributed by atoms with van der Waals surface area (Å²) < 4.78 is 4.85. The van der Waals surface area contributed by atoms with Crippen molar-refractivity contribution in [2.75, 3.05) is 26.2 Å². The second-order valence-corrected chi connectivity index (χ2v) is 3.99. The Hall–Kier alpha value is -1.62. The predicted molar refractivity (Wildman–Crippen MR) is 63.5 cm³/mol. The van der Waals surface area contributed by atoms with Gasteiger partial charge in [-0.1, -0.05) is 6.07 Å². The molecule has 2 rings (SSSR count). The van der Waals surface area contributed by atoms with Crippen molar-refractivity contribution in [3.05, 3.63) is 30.1 Å². The van der Waals surface area contributed by atoms with E-state index in [-0.39, 0.29) is 6.09 Å². The van der Waals surface area contributed by atoms with Crippen LogP contribution in [0.2, 0.25) is 0 Å². The molecule has 2 heterocycles. The lowest BCUT2D eigenvalue weighted by Gasteiger charge is -2.12. The molecule has 1 fully saturated rings. The molecule has 5 nitrogen and oxygen atoms in total. The Morgan fingerprint density at radius 2 is 2.47 bits per heavy atom. The molecule has 1 aromatic rings. The lowest BCUT2D eigenvalue weighted by molar-refractivity contribution is 0.158. The molecule has 0 aliphatic carbocycles. The molecule has 1 aliphatic heterocycles. The molecule has 1 aromatic heterocycles. The molecule has 0 radical (unpaired) electrons. The Kier molecular flexibility index (Phi) is 4.32. The number of amides is 1. The van der Waals surface area contributed by atoms with Crippen molar-refractivity contribution in [2.24, 2.45) is 0 Å². The zero-order valence-electron chi connectivity index (χ0n) is 9.76. The molecular weight excluding hydrogens is 218 g/mol.